The third-order valence-corrected chi connectivity index (χ3v) is 2.91. The Bertz CT molecular complexity index is 181. The SMILES string of the molecule is C(=CCC1CCCO1)CCNC1CC1. The van der Waals surface area contributed by atoms with Crippen LogP contribution in [-0.4, -0.2) is 25.3 Å². The summed E-state index contributed by atoms with van der Waals surface area (Å²) in [6.07, 6.45) is 12.7. The van der Waals surface area contributed by atoms with Gasteiger partial charge in [-0.15, -0.1) is 0 Å². The molecule has 2 fully saturated rings. The minimum absolute atomic E-state index is 0.516. The first-order valence-corrected chi connectivity index (χ1v) is 5.95. The van der Waals surface area contributed by atoms with Crippen LogP contribution in [0.4, 0.5) is 0 Å². The van der Waals surface area contributed by atoms with Gasteiger partial charge in [0.05, 0.1) is 6.10 Å². The normalized spacial score (nSPS) is 27.6. The molecule has 1 unspecified atom stereocenters. The van der Waals surface area contributed by atoms with E-state index in [-0.39, 0.29) is 0 Å². The van der Waals surface area contributed by atoms with Crippen molar-refractivity contribution in [3.8, 4) is 0 Å². The van der Waals surface area contributed by atoms with E-state index in [0.717, 1.165) is 25.6 Å². The van der Waals surface area contributed by atoms with Gasteiger partial charge in [-0.05, 0) is 45.1 Å². The second-order valence-electron chi connectivity index (χ2n) is 4.36. The Morgan fingerprint density at radius 1 is 1.21 bits per heavy atom. The zero-order valence-electron chi connectivity index (χ0n) is 8.87. The minimum atomic E-state index is 0.516. The van der Waals surface area contributed by atoms with Crippen molar-refractivity contribution in [2.75, 3.05) is 13.2 Å². The fourth-order valence-corrected chi connectivity index (χ4v) is 1.85. The summed E-state index contributed by atoms with van der Waals surface area (Å²) >= 11 is 0. The van der Waals surface area contributed by atoms with Gasteiger partial charge in [0, 0.05) is 12.6 Å². The van der Waals surface area contributed by atoms with Crippen LogP contribution >= 0.6 is 0 Å². The van der Waals surface area contributed by atoms with Gasteiger partial charge in [0.1, 0.15) is 0 Å². The van der Waals surface area contributed by atoms with Gasteiger partial charge in [0.25, 0.3) is 0 Å². The van der Waals surface area contributed by atoms with E-state index in [4.69, 9.17) is 4.74 Å². The highest BCUT2D eigenvalue weighted by Crippen LogP contribution is 2.18. The summed E-state index contributed by atoms with van der Waals surface area (Å²) in [4.78, 5) is 0. The topological polar surface area (TPSA) is 21.3 Å². The molecule has 1 saturated heterocycles. The molecule has 2 aliphatic rings. The first kappa shape index (κ1) is 10.2. The van der Waals surface area contributed by atoms with Gasteiger partial charge < -0.3 is 10.1 Å². The van der Waals surface area contributed by atoms with E-state index in [0.29, 0.717) is 6.10 Å². The monoisotopic (exact) mass is 195 g/mol. The van der Waals surface area contributed by atoms with E-state index in [1.165, 1.54) is 32.1 Å². The van der Waals surface area contributed by atoms with Gasteiger partial charge in [0.15, 0.2) is 0 Å². The number of hydrogen-bond acceptors (Lipinski definition) is 2. The van der Waals surface area contributed by atoms with Gasteiger partial charge >= 0.3 is 0 Å². The van der Waals surface area contributed by atoms with Crippen molar-refractivity contribution >= 4 is 0 Å². The lowest BCUT2D eigenvalue weighted by Crippen LogP contribution is -2.16. The molecule has 0 amide bonds. The maximum Gasteiger partial charge on any atom is 0.0610 e. The molecule has 0 radical (unpaired) electrons. The predicted molar refractivity (Wildman–Crippen MR) is 58.4 cm³/mol. The summed E-state index contributed by atoms with van der Waals surface area (Å²) in [7, 11) is 0. The van der Waals surface area contributed by atoms with Crippen molar-refractivity contribution < 1.29 is 4.74 Å². The molecule has 1 heterocycles. The summed E-state index contributed by atoms with van der Waals surface area (Å²) < 4.78 is 5.54. The van der Waals surface area contributed by atoms with E-state index in [1.807, 2.05) is 0 Å². The van der Waals surface area contributed by atoms with Crippen LogP contribution in [0.5, 0.6) is 0 Å². The molecule has 1 N–H and O–H groups in total. The van der Waals surface area contributed by atoms with Crippen LogP contribution in [-0.2, 0) is 4.74 Å². The standard InChI is InChI=1S/C12H21NO/c1(3-9-13-11-7-8-11)2-5-12-6-4-10-14-12/h1-2,11-13H,3-10H2. The molecule has 0 bridgehead atoms. The van der Waals surface area contributed by atoms with Crippen LogP contribution in [0.3, 0.4) is 0 Å². The quantitative estimate of drug-likeness (QED) is 0.518. The molecule has 0 aromatic rings. The molecule has 1 aliphatic carbocycles. The Kier molecular flexibility index (Phi) is 4.02. The van der Waals surface area contributed by atoms with E-state index in [9.17, 15) is 0 Å². The number of hydrogen-bond donors (Lipinski definition) is 1. The van der Waals surface area contributed by atoms with Gasteiger partial charge in [-0.25, -0.2) is 0 Å². The maximum absolute atomic E-state index is 5.54. The van der Waals surface area contributed by atoms with Gasteiger partial charge in [-0.2, -0.15) is 0 Å². The zero-order chi connectivity index (χ0) is 9.64. The average molecular weight is 195 g/mol. The predicted octanol–water partition coefficient (Wildman–Crippen LogP) is 2.25. The molecule has 1 saturated carbocycles. The molecule has 1 atom stereocenters. The molecule has 0 spiro atoms. The lowest BCUT2D eigenvalue weighted by molar-refractivity contribution is 0.113. The first-order valence-electron chi connectivity index (χ1n) is 5.95. The molecule has 2 heteroatoms. The van der Waals surface area contributed by atoms with Crippen molar-refractivity contribution in [3.05, 3.63) is 12.2 Å². The zero-order valence-corrected chi connectivity index (χ0v) is 8.87. The largest absolute Gasteiger partial charge is 0.378 e. The van der Waals surface area contributed by atoms with Crippen LogP contribution in [0.1, 0.15) is 38.5 Å². The van der Waals surface area contributed by atoms with E-state index < -0.39 is 0 Å². The number of nitrogens with one attached hydrogen (secondary N) is 1. The second kappa shape index (κ2) is 5.52. The fourth-order valence-electron chi connectivity index (χ4n) is 1.85. The van der Waals surface area contributed by atoms with Crippen molar-refractivity contribution in [2.24, 2.45) is 0 Å². The molecule has 1 aliphatic heterocycles. The molecular formula is C12H21NO. The highest BCUT2D eigenvalue weighted by atomic mass is 16.5. The summed E-state index contributed by atoms with van der Waals surface area (Å²) in [6.45, 7) is 2.12. The van der Waals surface area contributed by atoms with Crippen LogP contribution in [0.15, 0.2) is 12.2 Å². The van der Waals surface area contributed by atoms with E-state index in [1.54, 1.807) is 0 Å². The smallest absolute Gasteiger partial charge is 0.0610 e. The minimum Gasteiger partial charge on any atom is -0.378 e. The molecule has 0 aromatic carbocycles. The summed E-state index contributed by atoms with van der Waals surface area (Å²) in [5.74, 6) is 0. The molecule has 2 rings (SSSR count). The van der Waals surface area contributed by atoms with Crippen LogP contribution in [0, 0.1) is 0 Å². The fraction of sp³-hybridized carbons (Fsp3) is 0.833. The van der Waals surface area contributed by atoms with Gasteiger partial charge in [-0.3, -0.25) is 0 Å². The Balaban J connectivity index is 1.44. The Morgan fingerprint density at radius 3 is 2.86 bits per heavy atom. The molecule has 14 heavy (non-hydrogen) atoms. The molecule has 80 valence electrons. The first-order chi connectivity index (χ1) is 6.95. The van der Waals surface area contributed by atoms with Gasteiger partial charge in [-0.1, -0.05) is 12.2 Å². The third kappa shape index (κ3) is 3.81. The average Bonchev–Trinajstić information content (AvgIpc) is 2.87. The highest BCUT2D eigenvalue weighted by molar-refractivity contribution is 4.87. The number of rotatable bonds is 6. The van der Waals surface area contributed by atoms with Gasteiger partial charge in [0.2, 0.25) is 0 Å². The Hall–Kier alpha value is -0.340. The summed E-state index contributed by atoms with van der Waals surface area (Å²) in [6, 6.07) is 0.849. The van der Waals surface area contributed by atoms with Crippen molar-refractivity contribution in [1.82, 2.24) is 5.32 Å². The lowest BCUT2D eigenvalue weighted by Gasteiger charge is -2.04. The van der Waals surface area contributed by atoms with Crippen LogP contribution in [0.25, 0.3) is 0 Å². The van der Waals surface area contributed by atoms with E-state index >= 15 is 0 Å². The molecule has 0 aromatic heterocycles. The second-order valence-corrected chi connectivity index (χ2v) is 4.36. The summed E-state index contributed by atoms with van der Waals surface area (Å²) in [5.41, 5.74) is 0. The van der Waals surface area contributed by atoms with Crippen LogP contribution in [0.2, 0.25) is 0 Å². The van der Waals surface area contributed by atoms with E-state index in [2.05, 4.69) is 17.5 Å². The maximum atomic E-state index is 5.54. The van der Waals surface area contributed by atoms with Crippen LogP contribution < -0.4 is 5.32 Å². The van der Waals surface area contributed by atoms with Crippen molar-refractivity contribution in [3.63, 3.8) is 0 Å². The molecule has 2 nitrogen and oxygen atoms in total. The van der Waals surface area contributed by atoms with Crippen molar-refractivity contribution in [1.29, 1.82) is 0 Å². The van der Waals surface area contributed by atoms with Crippen molar-refractivity contribution in [2.45, 2.75) is 50.7 Å². The summed E-state index contributed by atoms with van der Waals surface area (Å²) in [5, 5.41) is 3.50. The Labute approximate surface area is 86.7 Å². The highest BCUT2D eigenvalue weighted by Gasteiger charge is 2.19. The molecular weight excluding hydrogens is 174 g/mol. The lowest BCUT2D eigenvalue weighted by atomic mass is 10.1. The Morgan fingerprint density at radius 2 is 2.14 bits per heavy atom. The third-order valence-electron chi connectivity index (χ3n) is 2.91. The number of ether oxygens (including phenoxy) is 1.